The molecule has 0 N–H and O–H groups in total. The molecule has 0 bridgehead atoms. The third-order valence-corrected chi connectivity index (χ3v) is 8.41. The lowest BCUT2D eigenvalue weighted by atomic mass is 9.59. The minimum atomic E-state index is -0.267. The fourth-order valence-electron chi connectivity index (χ4n) is 6.61. The number of hydrogen-bond donors (Lipinski definition) is 0. The van der Waals surface area contributed by atoms with Gasteiger partial charge in [0.1, 0.15) is 0 Å². The molecule has 4 aliphatic rings. The van der Waals surface area contributed by atoms with E-state index in [0.29, 0.717) is 5.78 Å². The molecule has 2 nitrogen and oxygen atoms in total. The van der Waals surface area contributed by atoms with Crippen molar-refractivity contribution in [2.75, 3.05) is 19.6 Å². The Labute approximate surface area is 157 Å². The Kier molecular flexibility index (Phi) is 3.73. The molecule has 2 fully saturated rings. The van der Waals surface area contributed by atoms with Crippen molar-refractivity contribution in [2.45, 2.75) is 51.4 Å². The number of Topliss-reactive ketones (excluding diaryl/α,β-unsaturated/α-hetero) is 1. The zero-order valence-electron chi connectivity index (χ0n) is 16.2. The van der Waals surface area contributed by atoms with Gasteiger partial charge in [0.25, 0.3) is 0 Å². The molecule has 1 heterocycles. The minimum Gasteiger partial charge on any atom is -0.303 e. The van der Waals surface area contributed by atoms with Crippen LogP contribution in [0.25, 0.3) is 0 Å². The van der Waals surface area contributed by atoms with Gasteiger partial charge < -0.3 is 4.90 Å². The largest absolute Gasteiger partial charge is 0.303 e. The molecular formula is C24H31NO. The molecule has 5 rings (SSSR count). The van der Waals surface area contributed by atoms with E-state index in [-0.39, 0.29) is 10.8 Å². The predicted molar refractivity (Wildman–Crippen MR) is 105 cm³/mol. The molecule has 3 aliphatic carbocycles. The van der Waals surface area contributed by atoms with E-state index in [2.05, 4.69) is 43.0 Å². The van der Waals surface area contributed by atoms with E-state index in [9.17, 15) is 4.79 Å². The van der Waals surface area contributed by atoms with E-state index < -0.39 is 0 Å². The highest BCUT2D eigenvalue weighted by Gasteiger charge is 2.58. The number of hydrogen-bond acceptors (Lipinski definition) is 2. The minimum absolute atomic E-state index is 0.0457. The quantitative estimate of drug-likeness (QED) is 0.712. The van der Waals surface area contributed by atoms with Crippen LogP contribution in [0, 0.1) is 23.2 Å². The first-order valence-corrected chi connectivity index (χ1v) is 10.6. The smallest absolute Gasteiger partial charge is 0.169 e. The number of ketones is 1. The molecule has 0 amide bonds. The highest BCUT2D eigenvalue weighted by atomic mass is 16.1. The number of likely N-dealkylation sites (tertiary alicyclic amines) is 1. The molecule has 1 spiro atoms. The van der Waals surface area contributed by atoms with Crippen molar-refractivity contribution in [3.63, 3.8) is 0 Å². The highest BCUT2D eigenvalue weighted by molar-refractivity contribution is 6.06. The van der Waals surface area contributed by atoms with Gasteiger partial charge in [0.15, 0.2) is 5.78 Å². The Morgan fingerprint density at radius 3 is 2.69 bits per heavy atom. The normalized spacial score (nSPS) is 34.4. The maximum atomic E-state index is 13.0. The Bertz CT molecular complexity index is 753. The van der Waals surface area contributed by atoms with Crippen molar-refractivity contribution in [2.24, 2.45) is 23.2 Å². The number of benzene rings is 1. The molecule has 1 saturated carbocycles. The van der Waals surface area contributed by atoms with Gasteiger partial charge in [-0.1, -0.05) is 50.3 Å². The number of nitrogens with zero attached hydrogens (tertiary/aromatic N) is 1. The highest BCUT2D eigenvalue weighted by Crippen LogP contribution is 2.57. The van der Waals surface area contributed by atoms with Gasteiger partial charge in [0.2, 0.25) is 0 Å². The summed E-state index contributed by atoms with van der Waals surface area (Å²) >= 11 is 0. The van der Waals surface area contributed by atoms with Gasteiger partial charge in [0.05, 0.1) is 0 Å². The molecule has 1 aromatic rings. The maximum Gasteiger partial charge on any atom is 0.169 e. The van der Waals surface area contributed by atoms with Crippen LogP contribution in [0.15, 0.2) is 36.4 Å². The van der Waals surface area contributed by atoms with Gasteiger partial charge in [-0.15, -0.1) is 0 Å². The summed E-state index contributed by atoms with van der Waals surface area (Å²) in [5.74, 6) is 3.05. The Morgan fingerprint density at radius 2 is 1.92 bits per heavy atom. The maximum absolute atomic E-state index is 13.0. The summed E-state index contributed by atoms with van der Waals surface area (Å²) in [6, 6.07) is 8.41. The summed E-state index contributed by atoms with van der Waals surface area (Å²) in [5, 5.41) is 0. The lowest BCUT2D eigenvalue weighted by Crippen LogP contribution is -2.52. The second-order valence-corrected chi connectivity index (χ2v) is 9.72. The summed E-state index contributed by atoms with van der Waals surface area (Å²) in [7, 11) is 0. The fraction of sp³-hybridized carbons (Fsp3) is 0.625. The van der Waals surface area contributed by atoms with Crippen LogP contribution in [-0.2, 0) is 5.41 Å². The van der Waals surface area contributed by atoms with Crippen LogP contribution in [0.4, 0.5) is 0 Å². The number of piperidine rings is 1. The average molecular weight is 350 g/mol. The molecule has 0 radical (unpaired) electrons. The summed E-state index contributed by atoms with van der Waals surface area (Å²) in [5.41, 5.74) is 2.09. The van der Waals surface area contributed by atoms with Crippen molar-refractivity contribution in [1.82, 2.24) is 4.90 Å². The second-order valence-electron chi connectivity index (χ2n) is 9.72. The first kappa shape index (κ1) is 16.7. The molecule has 1 unspecified atom stereocenters. The van der Waals surface area contributed by atoms with E-state index in [1.165, 1.54) is 31.4 Å². The van der Waals surface area contributed by atoms with Crippen molar-refractivity contribution >= 4 is 5.78 Å². The molecular weight excluding hydrogens is 318 g/mol. The van der Waals surface area contributed by atoms with E-state index in [0.717, 1.165) is 49.2 Å². The summed E-state index contributed by atoms with van der Waals surface area (Å²) < 4.78 is 0. The predicted octanol–water partition coefficient (Wildman–Crippen LogP) is 4.85. The van der Waals surface area contributed by atoms with Crippen molar-refractivity contribution in [3.05, 3.63) is 47.5 Å². The summed E-state index contributed by atoms with van der Waals surface area (Å²) in [4.78, 5) is 15.7. The summed E-state index contributed by atoms with van der Waals surface area (Å²) in [6.07, 6.45) is 11.3. The van der Waals surface area contributed by atoms with Gasteiger partial charge in [-0.3, -0.25) is 4.79 Å². The SMILES string of the molecule is CC1(C)C(=O)c2ccccc2C12CCN(C[C@H]1CC3CCC=C[C@H]31)CC2. The standard InChI is InChI=1S/C24H31NO/c1-23(2)22(26)20-9-5-6-10-21(20)24(23)11-13-25(14-12-24)16-18-15-17-7-3-4-8-19(17)18/h4-6,8-10,17-19H,3,7,11-16H2,1-2H3/t17?,18-,19-/m1/s1. The van der Waals surface area contributed by atoms with Crippen LogP contribution in [0.2, 0.25) is 0 Å². The second kappa shape index (κ2) is 5.79. The molecule has 1 aromatic carbocycles. The summed E-state index contributed by atoms with van der Waals surface area (Å²) in [6.45, 7) is 7.92. The van der Waals surface area contributed by atoms with E-state index in [4.69, 9.17) is 0 Å². The number of allylic oxidation sites excluding steroid dienone is 2. The van der Waals surface area contributed by atoms with Crippen LogP contribution in [-0.4, -0.2) is 30.3 Å². The Morgan fingerprint density at radius 1 is 1.15 bits per heavy atom. The van der Waals surface area contributed by atoms with Crippen molar-refractivity contribution in [1.29, 1.82) is 0 Å². The number of carbonyl (C=O) groups is 1. The molecule has 0 aromatic heterocycles. The van der Waals surface area contributed by atoms with Gasteiger partial charge in [-0.2, -0.15) is 0 Å². The van der Waals surface area contributed by atoms with Gasteiger partial charge in [-0.25, -0.2) is 0 Å². The van der Waals surface area contributed by atoms with Crippen molar-refractivity contribution in [3.8, 4) is 0 Å². The third-order valence-electron chi connectivity index (χ3n) is 8.41. The van der Waals surface area contributed by atoms with Crippen LogP contribution in [0.3, 0.4) is 0 Å². The molecule has 1 aliphatic heterocycles. The van der Waals surface area contributed by atoms with Crippen LogP contribution in [0.5, 0.6) is 0 Å². The first-order valence-electron chi connectivity index (χ1n) is 10.6. The van der Waals surface area contributed by atoms with Gasteiger partial charge in [-0.05, 0) is 68.5 Å². The van der Waals surface area contributed by atoms with Crippen LogP contribution >= 0.6 is 0 Å². The van der Waals surface area contributed by atoms with E-state index >= 15 is 0 Å². The number of rotatable bonds is 2. The average Bonchev–Trinajstić information content (AvgIpc) is 2.80. The number of carbonyl (C=O) groups excluding carboxylic acids is 1. The monoisotopic (exact) mass is 349 g/mol. The zero-order chi connectivity index (χ0) is 17.9. The van der Waals surface area contributed by atoms with Crippen LogP contribution in [0.1, 0.15) is 61.9 Å². The van der Waals surface area contributed by atoms with Gasteiger partial charge in [0, 0.05) is 22.9 Å². The molecule has 1 saturated heterocycles. The van der Waals surface area contributed by atoms with E-state index in [1.54, 1.807) is 0 Å². The topological polar surface area (TPSA) is 20.3 Å². The number of fused-ring (bicyclic) bond motifs is 3. The van der Waals surface area contributed by atoms with E-state index in [1.807, 2.05) is 12.1 Å². The molecule has 2 heteroatoms. The first-order chi connectivity index (χ1) is 12.5. The lowest BCUT2D eigenvalue weighted by molar-refractivity contribution is 0.0241. The molecule has 3 atom stereocenters. The van der Waals surface area contributed by atoms with Crippen molar-refractivity contribution < 1.29 is 4.79 Å². The fourth-order valence-corrected chi connectivity index (χ4v) is 6.61. The van der Waals surface area contributed by atoms with Crippen LogP contribution < -0.4 is 0 Å². The Balaban J connectivity index is 1.32. The molecule has 26 heavy (non-hydrogen) atoms. The lowest BCUT2D eigenvalue weighted by Gasteiger charge is -2.51. The Hall–Kier alpha value is -1.41. The third kappa shape index (κ3) is 2.17. The zero-order valence-corrected chi connectivity index (χ0v) is 16.2. The molecule has 138 valence electrons. The van der Waals surface area contributed by atoms with Gasteiger partial charge >= 0.3 is 0 Å².